The first-order chi connectivity index (χ1) is 11.1. The van der Waals surface area contributed by atoms with Gasteiger partial charge in [0, 0.05) is 6.42 Å². The molecule has 5 heteroatoms. The molecule has 0 spiro atoms. The van der Waals surface area contributed by atoms with Crippen molar-refractivity contribution in [3.05, 3.63) is 0 Å². The molecule has 0 heterocycles. The Morgan fingerprint density at radius 1 is 0.739 bits per heavy atom. The molecule has 0 rings (SSSR count). The summed E-state index contributed by atoms with van der Waals surface area (Å²) >= 11 is 0. The van der Waals surface area contributed by atoms with Crippen LogP contribution in [0.25, 0.3) is 0 Å². The predicted molar refractivity (Wildman–Crippen MR) is 92.2 cm³/mol. The lowest BCUT2D eigenvalue weighted by atomic mass is 10.0. The zero-order valence-corrected chi connectivity index (χ0v) is 14.6. The van der Waals surface area contributed by atoms with E-state index in [9.17, 15) is 9.59 Å². The number of carbonyl (C=O) groups is 2. The van der Waals surface area contributed by atoms with Crippen LogP contribution in [0, 0.1) is 0 Å². The van der Waals surface area contributed by atoms with Gasteiger partial charge in [0.1, 0.15) is 0 Å². The fourth-order valence-corrected chi connectivity index (χ4v) is 2.64. The minimum atomic E-state index is -1.47. The predicted octanol–water partition coefficient (Wildman–Crippen LogP) is 4.95. The van der Waals surface area contributed by atoms with E-state index in [1.807, 2.05) is 0 Å². The fraction of sp³-hybridized carbons (Fsp3) is 0.833. The summed E-state index contributed by atoms with van der Waals surface area (Å²) in [6, 6.07) is 0. The highest BCUT2D eigenvalue weighted by Crippen LogP contribution is 2.13. The molecule has 0 amide bonds. The van der Waals surface area contributed by atoms with E-state index in [1.54, 1.807) is 0 Å². The van der Waals surface area contributed by atoms with Crippen molar-refractivity contribution >= 4 is 17.5 Å². The molecule has 0 bridgehead atoms. The fourth-order valence-electron chi connectivity index (χ4n) is 2.64. The summed E-state index contributed by atoms with van der Waals surface area (Å²) in [4.78, 5) is 22.0. The van der Waals surface area contributed by atoms with Gasteiger partial charge in [-0.3, -0.25) is 4.79 Å². The molecule has 23 heavy (non-hydrogen) atoms. The van der Waals surface area contributed by atoms with Crippen LogP contribution in [-0.2, 0) is 9.59 Å². The summed E-state index contributed by atoms with van der Waals surface area (Å²) < 4.78 is 0. The number of unbranched alkanes of at least 4 members (excludes halogenated alkanes) is 12. The Hall–Kier alpha value is -1.39. The summed E-state index contributed by atoms with van der Waals surface area (Å²) in [5.74, 6) is -2.06. The lowest BCUT2D eigenvalue weighted by Crippen LogP contribution is -2.23. The second-order valence-electron chi connectivity index (χ2n) is 6.17. The number of carboxylic acids is 1. The first-order valence-electron chi connectivity index (χ1n) is 9.12. The zero-order valence-electron chi connectivity index (χ0n) is 14.6. The second kappa shape index (κ2) is 15.5. The normalized spacial score (nSPS) is 11.6. The number of aliphatic carboxylic acids is 1. The van der Waals surface area contributed by atoms with Crippen LogP contribution < -0.4 is 0 Å². The van der Waals surface area contributed by atoms with Crippen molar-refractivity contribution in [1.82, 2.24) is 0 Å². The van der Waals surface area contributed by atoms with Crippen molar-refractivity contribution in [3.8, 4) is 0 Å². The molecule has 0 unspecified atom stereocenters. The van der Waals surface area contributed by atoms with Gasteiger partial charge in [-0.05, 0) is 6.42 Å². The first-order valence-corrected chi connectivity index (χ1v) is 9.12. The van der Waals surface area contributed by atoms with Gasteiger partial charge in [-0.25, -0.2) is 4.79 Å². The third-order valence-electron chi connectivity index (χ3n) is 4.07. The highest BCUT2D eigenvalue weighted by atomic mass is 16.4. The van der Waals surface area contributed by atoms with Crippen LogP contribution >= 0.6 is 0 Å². The molecule has 0 saturated carbocycles. The zero-order chi connectivity index (χ0) is 17.3. The summed E-state index contributed by atoms with van der Waals surface area (Å²) in [6.07, 6.45) is 15.9. The number of Topliss-reactive ketones (excluding diaryl/α,β-unsaturated/α-hetero) is 1. The van der Waals surface area contributed by atoms with Gasteiger partial charge in [-0.1, -0.05) is 89.1 Å². The van der Waals surface area contributed by atoms with Crippen LogP contribution in [0.2, 0.25) is 0 Å². The van der Waals surface area contributed by atoms with Crippen LogP contribution in [-0.4, -0.2) is 27.8 Å². The number of oxime groups is 1. The summed E-state index contributed by atoms with van der Waals surface area (Å²) in [5.41, 5.74) is -0.760. The molecule has 0 atom stereocenters. The number of hydrogen-bond acceptors (Lipinski definition) is 4. The van der Waals surface area contributed by atoms with Gasteiger partial charge in [0.25, 0.3) is 0 Å². The third-order valence-corrected chi connectivity index (χ3v) is 4.07. The van der Waals surface area contributed by atoms with Crippen LogP contribution in [0.4, 0.5) is 0 Å². The van der Waals surface area contributed by atoms with E-state index in [2.05, 4.69) is 12.1 Å². The van der Waals surface area contributed by atoms with Crippen molar-refractivity contribution in [2.75, 3.05) is 0 Å². The average molecular weight is 327 g/mol. The van der Waals surface area contributed by atoms with Gasteiger partial charge < -0.3 is 10.3 Å². The molecule has 2 N–H and O–H groups in total. The van der Waals surface area contributed by atoms with Gasteiger partial charge in [-0.2, -0.15) is 0 Å². The van der Waals surface area contributed by atoms with Crippen molar-refractivity contribution in [2.24, 2.45) is 5.16 Å². The Morgan fingerprint density at radius 2 is 1.13 bits per heavy atom. The molecule has 0 aromatic heterocycles. The quantitative estimate of drug-likeness (QED) is 0.138. The van der Waals surface area contributed by atoms with Gasteiger partial charge in [0.15, 0.2) is 5.78 Å². The SMILES string of the molecule is CCCCCCCCCCCCCCCC(=O)C(=NO)C(=O)O. The molecule has 0 fully saturated rings. The van der Waals surface area contributed by atoms with Crippen LogP contribution in [0.5, 0.6) is 0 Å². The van der Waals surface area contributed by atoms with Crippen molar-refractivity contribution in [1.29, 1.82) is 0 Å². The molecule has 0 aliphatic heterocycles. The topological polar surface area (TPSA) is 87.0 Å². The van der Waals surface area contributed by atoms with Crippen LogP contribution in [0.15, 0.2) is 5.16 Å². The lowest BCUT2D eigenvalue weighted by molar-refractivity contribution is -0.130. The molecular weight excluding hydrogens is 294 g/mol. The van der Waals surface area contributed by atoms with E-state index in [0.29, 0.717) is 6.42 Å². The Morgan fingerprint density at radius 3 is 1.48 bits per heavy atom. The summed E-state index contributed by atoms with van der Waals surface area (Å²) in [6.45, 7) is 2.24. The average Bonchev–Trinajstić information content (AvgIpc) is 2.52. The van der Waals surface area contributed by atoms with Crippen LogP contribution in [0.3, 0.4) is 0 Å². The molecule has 0 aromatic carbocycles. The molecule has 0 aliphatic carbocycles. The maximum atomic E-state index is 11.4. The van der Waals surface area contributed by atoms with E-state index < -0.39 is 17.5 Å². The first kappa shape index (κ1) is 21.6. The molecule has 5 nitrogen and oxygen atoms in total. The lowest BCUT2D eigenvalue weighted by Gasteiger charge is -2.03. The van der Waals surface area contributed by atoms with Gasteiger partial charge in [0.05, 0.1) is 0 Å². The Labute approximate surface area is 140 Å². The van der Waals surface area contributed by atoms with Crippen molar-refractivity contribution in [2.45, 2.75) is 96.8 Å². The van der Waals surface area contributed by atoms with Gasteiger partial charge >= 0.3 is 5.97 Å². The Balaban J connectivity index is 3.34. The number of ketones is 1. The van der Waals surface area contributed by atoms with Gasteiger partial charge in [-0.15, -0.1) is 0 Å². The van der Waals surface area contributed by atoms with E-state index in [0.717, 1.165) is 12.8 Å². The van der Waals surface area contributed by atoms with E-state index in [1.165, 1.54) is 64.2 Å². The smallest absolute Gasteiger partial charge is 0.361 e. The molecule has 0 radical (unpaired) electrons. The maximum absolute atomic E-state index is 11.4. The summed E-state index contributed by atoms with van der Waals surface area (Å²) in [5, 5.41) is 19.6. The standard InChI is InChI=1S/C18H33NO4/c1-2-3-4-5-6-7-8-9-10-11-12-13-14-15-16(20)17(19-23)18(21)22/h23H,2-15H2,1H3,(H,21,22). The van der Waals surface area contributed by atoms with E-state index >= 15 is 0 Å². The molecule has 0 aromatic rings. The van der Waals surface area contributed by atoms with Crippen molar-refractivity contribution < 1.29 is 19.9 Å². The molecule has 134 valence electrons. The monoisotopic (exact) mass is 327 g/mol. The highest BCUT2D eigenvalue weighted by molar-refractivity contribution is 6.63. The Kier molecular flexibility index (Phi) is 14.6. The third kappa shape index (κ3) is 12.8. The van der Waals surface area contributed by atoms with Crippen molar-refractivity contribution in [3.63, 3.8) is 0 Å². The second-order valence-corrected chi connectivity index (χ2v) is 6.17. The van der Waals surface area contributed by atoms with Gasteiger partial charge in [0.2, 0.25) is 5.71 Å². The number of hydrogen-bond donors (Lipinski definition) is 2. The Bertz CT molecular complexity index is 353. The number of carbonyl (C=O) groups excluding carboxylic acids is 1. The molecule has 0 aliphatic rings. The van der Waals surface area contributed by atoms with E-state index in [4.69, 9.17) is 10.3 Å². The summed E-state index contributed by atoms with van der Waals surface area (Å²) in [7, 11) is 0. The minimum absolute atomic E-state index is 0.142. The van der Waals surface area contributed by atoms with E-state index in [-0.39, 0.29) is 6.42 Å². The minimum Gasteiger partial charge on any atom is -0.476 e. The number of carboxylic acid groups (broad SMARTS) is 1. The number of nitrogens with zero attached hydrogens (tertiary/aromatic N) is 1. The molecular formula is C18H33NO4. The molecule has 0 saturated heterocycles. The highest BCUT2D eigenvalue weighted by Gasteiger charge is 2.19. The largest absolute Gasteiger partial charge is 0.476 e. The van der Waals surface area contributed by atoms with Crippen LogP contribution in [0.1, 0.15) is 96.8 Å². The maximum Gasteiger partial charge on any atom is 0.361 e. The number of rotatable bonds is 16.